The predicted octanol–water partition coefficient (Wildman–Crippen LogP) is 2.12. The third-order valence-corrected chi connectivity index (χ3v) is 2.48. The maximum absolute atomic E-state index is 11.5. The summed E-state index contributed by atoms with van der Waals surface area (Å²) in [5, 5.41) is 1.94. The van der Waals surface area contributed by atoms with Crippen LogP contribution in [0.1, 0.15) is 20.0 Å². The Morgan fingerprint density at radius 3 is 3.08 bits per heavy atom. The Kier molecular flexibility index (Phi) is 1.78. The van der Waals surface area contributed by atoms with Crippen molar-refractivity contribution in [2.24, 2.45) is 0 Å². The molecule has 1 aromatic rings. The van der Waals surface area contributed by atoms with E-state index in [2.05, 4.69) is 15.9 Å². The highest BCUT2D eigenvalue weighted by molar-refractivity contribution is 9.10. The SMILES string of the molecule is [2H]C([2H])([2H])NC(=O)c1cccc(Br)c1C. The second-order valence-corrected chi connectivity index (χ2v) is 3.22. The minimum atomic E-state index is -2.45. The monoisotopic (exact) mass is 230 g/mol. The van der Waals surface area contributed by atoms with Gasteiger partial charge in [0, 0.05) is 21.1 Å². The van der Waals surface area contributed by atoms with E-state index in [1.165, 1.54) is 0 Å². The van der Waals surface area contributed by atoms with Crippen LogP contribution < -0.4 is 5.32 Å². The third-order valence-electron chi connectivity index (χ3n) is 1.63. The van der Waals surface area contributed by atoms with Crippen LogP contribution in [-0.4, -0.2) is 12.9 Å². The van der Waals surface area contributed by atoms with Crippen molar-refractivity contribution in [3.8, 4) is 0 Å². The average molecular weight is 231 g/mol. The Bertz CT molecular complexity index is 389. The zero-order valence-corrected chi connectivity index (χ0v) is 8.10. The topological polar surface area (TPSA) is 29.1 Å². The zero-order valence-electron chi connectivity index (χ0n) is 9.52. The lowest BCUT2D eigenvalue weighted by Crippen LogP contribution is -2.18. The molecule has 2 nitrogen and oxygen atoms in total. The lowest BCUT2D eigenvalue weighted by atomic mass is 10.1. The van der Waals surface area contributed by atoms with E-state index in [0.717, 1.165) is 10.0 Å². The van der Waals surface area contributed by atoms with Gasteiger partial charge in [-0.2, -0.15) is 0 Å². The smallest absolute Gasteiger partial charge is 0.251 e. The van der Waals surface area contributed by atoms with E-state index in [-0.39, 0.29) is 0 Å². The standard InChI is InChI=1S/C9H10BrNO/c1-6-7(9(12)11-2)4-3-5-8(6)10/h3-5H,1-2H3,(H,11,12)/i2D3. The first-order chi connectivity index (χ1) is 6.81. The van der Waals surface area contributed by atoms with E-state index in [4.69, 9.17) is 4.11 Å². The van der Waals surface area contributed by atoms with Gasteiger partial charge in [0.15, 0.2) is 0 Å². The average Bonchev–Trinajstić information content (AvgIpc) is 2.06. The number of hydrogen-bond donors (Lipinski definition) is 1. The van der Waals surface area contributed by atoms with E-state index in [0.29, 0.717) is 5.56 Å². The van der Waals surface area contributed by atoms with Crippen LogP contribution in [0.5, 0.6) is 0 Å². The Labute approximate surface area is 84.3 Å². The number of nitrogens with one attached hydrogen (secondary N) is 1. The second-order valence-electron chi connectivity index (χ2n) is 2.37. The van der Waals surface area contributed by atoms with Crippen molar-refractivity contribution in [1.29, 1.82) is 0 Å². The van der Waals surface area contributed by atoms with Gasteiger partial charge in [-0.05, 0) is 24.6 Å². The fraction of sp³-hybridized carbons (Fsp3) is 0.222. The molecule has 0 spiro atoms. The normalized spacial score (nSPS) is 14.3. The molecule has 1 rings (SSSR count). The molecule has 0 bridgehead atoms. The van der Waals surface area contributed by atoms with Crippen LogP contribution in [0, 0.1) is 6.92 Å². The molecule has 0 aliphatic carbocycles. The van der Waals surface area contributed by atoms with Crippen LogP contribution in [-0.2, 0) is 0 Å². The van der Waals surface area contributed by atoms with Gasteiger partial charge in [-0.3, -0.25) is 4.79 Å². The zero-order chi connectivity index (χ0) is 11.6. The summed E-state index contributed by atoms with van der Waals surface area (Å²) in [6, 6.07) is 5.06. The molecule has 64 valence electrons. The van der Waals surface area contributed by atoms with Gasteiger partial charge < -0.3 is 5.32 Å². The number of benzene rings is 1. The molecule has 0 atom stereocenters. The lowest BCUT2D eigenvalue weighted by molar-refractivity contribution is 0.0962. The molecule has 0 unspecified atom stereocenters. The molecule has 1 N–H and O–H groups in total. The number of amides is 1. The van der Waals surface area contributed by atoms with Gasteiger partial charge in [-0.1, -0.05) is 22.0 Å². The Balaban J connectivity index is 2.97. The number of carbonyl (C=O) groups is 1. The van der Waals surface area contributed by atoms with Crippen molar-refractivity contribution < 1.29 is 8.91 Å². The highest BCUT2D eigenvalue weighted by Gasteiger charge is 2.07. The fourth-order valence-corrected chi connectivity index (χ4v) is 1.29. The van der Waals surface area contributed by atoms with Crippen LogP contribution in [0.3, 0.4) is 0 Å². The van der Waals surface area contributed by atoms with Crippen LogP contribution in [0.15, 0.2) is 22.7 Å². The first-order valence-electron chi connectivity index (χ1n) is 4.89. The van der Waals surface area contributed by atoms with Crippen LogP contribution in [0.4, 0.5) is 0 Å². The van der Waals surface area contributed by atoms with Gasteiger partial charge in [0.05, 0.1) is 0 Å². The minimum absolute atomic E-state index is 0.362. The van der Waals surface area contributed by atoms with Crippen LogP contribution in [0.2, 0.25) is 0 Å². The first kappa shape index (κ1) is 5.75. The fourth-order valence-electron chi connectivity index (χ4n) is 0.921. The van der Waals surface area contributed by atoms with E-state index < -0.39 is 12.9 Å². The van der Waals surface area contributed by atoms with Gasteiger partial charge in [-0.15, -0.1) is 0 Å². The number of rotatable bonds is 1. The molecule has 0 saturated heterocycles. The van der Waals surface area contributed by atoms with E-state index in [1.807, 2.05) is 5.32 Å². The number of hydrogen-bond acceptors (Lipinski definition) is 1. The van der Waals surface area contributed by atoms with Crippen molar-refractivity contribution >= 4 is 21.8 Å². The molecule has 3 heteroatoms. The molecule has 0 aromatic heterocycles. The molecular formula is C9H10BrNO. The highest BCUT2D eigenvalue weighted by atomic mass is 79.9. The van der Waals surface area contributed by atoms with Gasteiger partial charge in [0.25, 0.3) is 5.91 Å². The highest BCUT2D eigenvalue weighted by Crippen LogP contribution is 2.18. The van der Waals surface area contributed by atoms with Gasteiger partial charge in [-0.25, -0.2) is 0 Å². The van der Waals surface area contributed by atoms with Crippen LogP contribution >= 0.6 is 15.9 Å². The van der Waals surface area contributed by atoms with Crippen molar-refractivity contribution in [1.82, 2.24) is 5.32 Å². The summed E-state index contributed by atoms with van der Waals surface area (Å²) in [6.45, 7) is -0.704. The summed E-state index contributed by atoms with van der Waals surface area (Å²) < 4.78 is 21.6. The van der Waals surface area contributed by atoms with E-state index >= 15 is 0 Å². The number of carbonyl (C=O) groups excluding carboxylic acids is 1. The van der Waals surface area contributed by atoms with Gasteiger partial charge in [0.2, 0.25) is 0 Å². The van der Waals surface area contributed by atoms with E-state index in [1.54, 1.807) is 25.1 Å². The summed E-state index contributed by atoms with van der Waals surface area (Å²) in [5.41, 5.74) is 1.08. The molecule has 0 fully saturated rings. The van der Waals surface area contributed by atoms with Crippen LogP contribution in [0.25, 0.3) is 0 Å². The molecule has 1 aromatic carbocycles. The predicted molar refractivity (Wildman–Crippen MR) is 52.3 cm³/mol. The summed E-state index contributed by atoms with van der Waals surface area (Å²) in [7, 11) is 0. The minimum Gasteiger partial charge on any atom is -0.355 e. The van der Waals surface area contributed by atoms with Gasteiger partial charge in [0.1, 0.15) is 0 Å². The second kappa shape index (κ2) is 3.72. The largest absolute Gasteiger partial charge is 0.355 e. The van der Waals surface area contributed by atoms with Crippen molar-refractivity contribution in [2.45, 2.75) is 6.92 Å². The Hall–Kier alpha value is -0.830. The summed E-state index contributed by atoms with van der Waals surface area (Å²) in [5.74, 6) is -0.589. The summed E-state index contributed by atoms with van der Waals surface area (Å²) in [6.07, 6.45) is 0. The van der Waals surface area contributed by atoms with E-state index in [9.17, 15) is 4.79 Å². The Morgan fingerprint density at radius 1 is 1.67 bits per heavy atom. The van der Waals surface area contributed by atoms with Gasteiger partial charge >= 0.3 is 0 Å². The van der Waals surface area contributed by atoms with Crippen molar-refractivity contribution in [3.05, 3.63) is 33.8 Å². The molecule has 0 aliphatic rings. The van der Waals surface area contributed by atoms with Crippen molar-refractivity contribution in [3.63, 3.8) is 0 Å². The molecule has 12 heavy (non-hydrogen) atoms. The maximum Gasteiger partial charge on any atom is 0.251 e. The summed E-state index contributed by atoms with van der Waals surface area (Å²) in [4.78, 5) is 11.5. The maximum atomic E-state index is 11.5. The summed E-state index contributed by atoms with van der Waals surface area (Å²) >= 11 is 3.27. The molecule has 0 radical (unpaired) electrons. The lowest BCUT2D eigenvalue weighted by Gasteiger charge is -2.04. The Morgan fingerprint density at radius 2 is 2.42 bits per heavy atom. The first-order valence-corrected chi connectivity index (χ1v) is 4.18. The molecule has 1 amide bonds. The number of halogens is 1. The third kappa shape index (κ3) is 1.67. The molecular weight excluding hydrogens is 218 g/mol. The van der Waals surface area contributed by atoms with Crippen molar-refractivity contribution in [2.75, 3.05) is 6.98 Å². The quantitative estimate of drug-likeness (QED) is 0.787. The molecule has 0 aliphatic heterocycles. The molecule has 0 heterocycles. The molecule has 0 saturated carbocycles.